The quantitative estimate of drug-likeness (QED) is 0.823. The van der Waals surface area contributed by atoms with Gasteiger partial charge in [-0.1, -0.05) is 13.8 Å². The van der Waals surface area contributed by atoms with Crippen LogP contribution in [0.15, 0.2) is 18.5 Å². The molecule has 2 unspecified atom stereocenters. The van der Waals surface area contributed by atoms with Crippen LogP contribution in [0, 0.1) is 18.8 Å². The third kappa shape index (κ3) is 3.93. The van der Waals surface area contributed by atoms with Gasteiger partial charge in [0.2, 0.25) is 5.91 Å². The van der Waals surface area contributed by atoms with Crippen LogP contribution in [0.1, 0.15) is 26.0 Å². The van der Waals surface area contributed by atoms with Crippen LogP contribution in [0.25, 0.3) is 5.52 Å². The summed E-state index contributed by atoms with van der Waals surface area (Å²) in [4.78, 5) is 24.0. The monoisotopic (exact) mass is 370 g/mol. The second kappa shape index (κ2) is 7.46. The molecular formula is C20H30N6O. The number of hydrogen-bond donors (Lipinski definition) is 0. The molecule has 0 saturated carbocycles. The maximum Gasteiger partial charge on any atom is 0.236 e. The van der Waals surface area contributed by atoms with E-state index in [1.54, 1.807) is 0 Å². The zero-order valence-electron chi connectivity index (χ0n) is 16.6. The van der Waals surface area contributed by atoms with E-state index in [9.17, 15) is 4.79 Å². The number of aromatic nitrogens is 3. The Morgan fingerprint density at radius 2 is 1.85 bits per heavy atom. The third-order valence-electron chi connectivity index (χ3n) is 5.74. The van der Waals surface area contributed by atoms with E-state index in [4.69, 9.17) is 0 Å². The van der Waals surface area contributed by atoms with Crippen LogP contribution in [0.5, 0.6) is 0 Å². The van der Waals surface area contributed by atoms with E-state index in [1.807, 2.05) is 23.8 Å². The molecule has 0 aromatic carbocycles. The van der Waals surface area contributed by atoms with Gasteiger partial charge in [0.15, 0.2) is 5.82 Å². The molecule has 0 bridgehead atoms. The van der Waals surface area contributed by atoms with Crippen molar-refractivity contribution < 1.29 is 4.79 Å². The first-order chi connectivity index (χ1) is 13.0. The summed E-state index contributed by atoms with van der Waals surface area (Å²) >= 11 is 0. The predicted molar refractivity (Wildman–Crippen MR) is 106 cm³/mol. The number of aryl methyl sites for hydroxylation is 1. The zero-order valence-corrected chi connectivity index (χ0v) is 16.6. The minimum absolute atomic E-state index is 0.286. The Balaban J connectivity index is 1.35. The number of carbonyl (C=O) groups excluding carboxylic acids is 1. The highest BCUT2D eigenvalue weighted by molar-refractivity contribution is 5.78. The molecule has 27 heavy (non-hydrogen) atoms. The van der Waals surface area contributed by atoms with Gasteiger partial charge in [-0.25, -0.2) is 9.50 Å². The number of hydrogen-bond acceptors (Lipinski definition) is 5. The molecule has 7 heteroatoms. The van der Waals surface area contributed by atoms with E-state index in [-0.39, 0.29) is 5.91 Å². The molecular weight excluding hydrogens is 340 g/mol. The topological polar surface area (TPSA) is 57.0 Å². The minimum atomic E-state index is 0.286. The van der Waals surface area contributed by atoms with Crippen molar-refractivity contribution in [2.45, 2.75) is 27.2 Å². The van der Waals surface area contributed by atoms with Gasteiger partial charge in [-0.05, 0) is 31.2 Å². The lowest BCUT2D eigenvalue weighted by atomic mass is 9.92. The van der Waals surface area contributed by atoms with E-state index in [0.29, 0.717) is 18.4 Å². The number of piperidine rings is 1. The lowest BCUT2D eigenvalue weighted by molar-refractivity contribution is -0.135. The number of piperazine rings is 1. The molecule has 4 heterocycles. The van der Waals surface area contributed by atoms with Crippen molar-refractivity contribution in [1.82, 2.24) is 24.4 Å². The minimum Gasteiger partial charge on any atom is -0.352 e. The maximum atomic E-state index is 12.7. The summed E-state index contributed by atoms with van der Waals surface area (Å²) < 4.78 is 1.90. The fourth-order valence-electron chi connectivity index (χ4n) is 4.55. The Morgan fingerprint density at radius 3 is 2.56 bits per heavy atom. The van der Waals surface area contributed by atoms with Gasteiger partial charge in [-0.3, -0.25) is 9.69 Å². The molecule has 1 amide bonds. The predicted octanol–water partition coefficient (Wildman–Crippen LogP) is 1.66. The molecule has 2 aliphatic rings. The van der Waals surface area contributed by atoms with Gasteiger partial charge in [0.1, 0.15) is 5.52 Å². The molecule has 0 N–H and O–H groups in total. The zero-order chi connectivity index (χ0) is 19.0. The van der Waals surface area contributed by atoms with Gasteiger partial charge >= 0.3 is 0 Å². The summed E-state index contributed by atoms with van der Waals surface area (Å²) in [5.74, 6) is 2.50. The Morgan fingerprint density at radius 1 is 1.15 bits per heavy atom. The standard InChI is InChI=1S/C20H30N6O/c1-15-10-16(2)13-25(12-15)19(27)14-23-6-8-24(9-7-23)20-18-11-17(3)22-26(18)5-4-21-20/h4-5,11,15-16H,6-10,12-14H2,1-3H3. The van der Waals surface area contributed by atoms with Gasteiger partial charge in [-0.15, -0.1) is 0 Å². The fraction of sp³-hybridized carbons (Fsp3) is 0.650. The summed E-state index contributed by atoms with van der Waals surface area (Å²) in [6, 6.07) is 2.08. The Labute approximate surface area is 160 Å². The number of anilines is 1. The van der Waals surface area contributed by atoms with Crippen molar-refractivity contribution >= 4 is 17.2 Å². The van der Waals surface area contributed by atoms with Crippen molar-refractivity contribution in [1.29, 1.82) is 0 Å². The molecule has 0 aliphatic carbocycles. The number of carbonyl (C=O) groups is 1. The van der Waals surface area contributed by atoms with Gasteiger partial charge < -0.3 is 9.80 Å². The lowest BCUT2D eigenvalue weighted by Gasteiger charge is -2.38. The smallest absolute Gasteiger partial charge is 0.236 e. The average molecular weight is 371 g/mol. The van der Waals surface area contributed by atoms with Gasteiger partial charge in [0, 0.05) is 51.7 Å². The second-order valence-corrected chi connectivity index (χ2v) is 8.37. The molecule has 2 aromatic heterocycles. The normalized spacial score (nSPS) is 24.6. The number of fused-ring (bicyclic) bond motifs is 1. The average Bonchev–Trinajstić information content (AvgIpc) is 3.01. The lowest BCUT2D eigenvalue weighted by Crippen LogP contribution is -2.52. The maximum absolute atomic E-state index is 12.7. The van der Waals surface area contributed by atoms with Crippen LogP contribution in [-0.4, -0.2) is 76.1 Å². The Hall–Kier alpha value is -2.15. The fourth-order valence-corrected chi connectivity index (χ4v) is 4.55. The molecule has 0 radical (unpaired) electrons. The largest absolute Gasteiger partial charge is 0.352 e. The van der Waals surface area contributed by atoms with Crippen LogP contribution >= 0.6 is 0 Å². The summed E-state index contributed by atoms with van der Waals surface area (Å²) in [6.45, 7) is 12.4. The highest BCUT2D eigenvalue weighted by atomic mass is 16.2. The van der Waals surface area contributed by atoms with Crippen LogP contribution in [0.2, 0.25) is 0 Å². The van der Waals surface area contributed by atoms with Crippen LogP contribution in [-0.2, 0) is 4.79 Å². The Kier molecular flexibility index (Phi) is 5.04. The molecule has 4 rings (SSSR count). The molecule has 2 atom stereocenters. The first-order valence-electron chi connectivity index (χ1n) is 10.1. The summed E-state index contributed by atoms with van der Waals surface area (Å²) in [5.41, 5.74) is 2.05. The van der Waals surface area contributed by atoms with Gasteiger partial charge in [0.05, 0.1) is 12.2 Å². The summed E-state index contributed by atoms with van der Waals surface area (Å²) in [7, 11) is 0. The summed E-state index contributed by atoms with van der Waals surface area (Å²) in [5, 5.41) is 4.48. The molecule has 2 aliphatic heterocycles. The van der Waals surface area contributed by atoms with Crippen molar-refractivity contribution in [3.63, 3.8) is 0 Å². The number of nitrogens with zero attached hydrogens (tertiary/aromatic N) is 6. The van der Waals surface area contributed by atoms with Crippen LogP contribution in [0.3, 0.4) is 0 Å². The van der Waals surface area contributed by atoms with E-state index in [2.05, 4.69) is 44.7 Å². The van der Waals surface area contributed by atoms with E-state index in [0.717, 1.165) is 56.3 Å². The van der Waals surface area contributed by atoms with E-state index < -0.39 is 0 Å². The van der Waals surface area contributed by atoms with E-state index in [1.165, 1.54) is 6.42 Å². The van der Waals surface area contributed by atoms with Crippen molar-refractivity contribution in [2.24, 2.45) is 11.8 Å². The summed E-state index contributed by atoms with van der Waals surface area (Å²) in [6.07, 6.45) is 4.93. The van der Waals surface area contributed by atoms with E-state index >= 15 is 0 Å². The molecule has 2 saturated heterocycles. The van der Waals surface area contributed by atoms with Crippen molar-refractivity contribution in [3.05, 3.63) is 24.2 Å². The van der Waals surface area contributed by atoms with Gasteiger partial charge in [0.25, 0.3) is 0 Å². The number of amides is 1. The SMILES string of the molecule is Cc1cc2c(N3CCN(CC(=O)N4CC(C)CC(C)C4)CC3)nccn2n1. The first kappa shape index (κ1) is 18.2. The number of likely N-dealkylation sites (tertiary alicyclic amines) is 1. The molecule has 2 aromatic rings. The number of rotatable bonds is 3. The highest BCUT2D eigenvalue weighted by Gasteiger charge is 2.28. The van der Waals surface area contributed by atoms with Crippen molar-refractivity contribution in [2.75, 3.05) is 50.7 Å². The van der Waals surface area contributed by atoms with Gasteiger partial charge in [-0.2, -0.15) is 5.10 Å². The molecule has 0 spiro atoms. The highest BCUT2D eigenvalue weighted by Crippen LogP contribution is 2.22. The van der Waals surface area contributed by atoms with Crippen LogP contribution in [0.4, 0.5) is 5.82 Å². The third-order valence-corrected chi connectivity index (χ3v) is 5.74. The molecule has 7 nitrogen and oxygen atoms in total. The van der Waals surface area contributed by atoms with Crippen molar-refractivity contribution in [3.8, 4) is 0 Å². The molecule has 2 fully saturated rings. The second-order valence-electron chi connectivity index (χ2n) is 8.37. The van der Waals surface area contributed by atoms with Crippen LogP contribution < -0.4 is 4.90 Å². The molecule has 146 valence electrons. The first-order valence-corrected chi connectivity index (χ1v) is 10.1. The Bertz CT molecular complexity index is 800.